The molecule has 2 rings (SSSR count). The van der Waals surface area contributed by atoms with E-state index >= 15 is 0 Å². The van der Waals surface area contributed by atoms with Gasteiger partial charge in [0.2, 0.25) is 0 Å². The molecule has 84 valence electrons. The van der Waals surface area contributed by atoms with Crippen LogP contribution in [0.3, 0.4) is 0 Å². The van der Waals surface area contributed by atoms with Crippen LogP contribution in [0.4, 0.5) is 5.69 Å². The van der Waals surface area contributed by atoms with Gasteiger partial charge in [0, 0.05) is 11.1 Å². The molecule has 1 N–H and O–H groups in total. The number of nitriles is 1. The summed E-state index contributed by atoms with van der Waals surface area (Å²) in [5.74, 6) is 0.774. The quantitative estimate of drug-likeness (QED) is 0.860. The van der Waals surface area contributed by atoms with Crippen molar-refractivity contribution >= 4 is 17.3 Å². The molecule has 0 spiro atoms. The first-order chi connectivity index (χ1) is 7.74. The van der Waals surface area contributed by atoms with E-state index in [0.717, 1.165) is 18.0 Å². The average molecular weight is 235 g/mol. The van der Waals surface area contributed by atoms with Gasteiger partial charge in [0.05, 0.1) is 11.3 Å². The Morgan fingerprint density at radius 2 is 2.31 bits per heavy atom. The molecule has 1 unspecified atom stereocenters. The number of nitrogens with one attached hydrogen (secondary N) is 1. The maximum Gasteiger partial charge on any atom is 0.101 e. The van der Waals surface area contributed by atoms with Crippen molar-refractivity contribution in [2.24, 2.45) is 5.92 Å². The molecule has 1 saturated carbocycles. The summed E-state index contributed by atoms with van der Waals surface area (Å²) in [5.41, 5.74) is 1.54. The van der Waals surface area contributed by atoms with Crippen LogP contribution >= 0.6 is 11.6 Å². The van der Waals surface area contributed by atoms with E-state index in [0.29, 0.717) is 16.6 Å². The molecule has 0 bridgehead atoms. The zero-order valence-corrected chi connectivity index (χ0v) is 10.1. The summed E-state index contributed by atoms with van der Waals surface area (Å²) < 4.78 is 0. The fourth-order valence-corrected chi connectivity index (χ4v) is 2.16. The van der Waals surface area contributed by atoms with E-state index < -0.39 is 0 Å². The molecule has 0 amide bonds. The highest BCUT2D eigenvalue weighted by molar-refractivity contribution is 6.30. The molecule has 1 aromatic rings. The zero-order valence-electron chi connectivity index (χ0n) is 9.33. The molecule has 1 aliphatic carbocycles. The second-order valence-electron chi connectivity index (χ2n) is 4.30. The Morgan fingerprint density at radius 3 is 2.88 bits per heavy atom. The van der Waals surface area contributed by atoms with E-state index in [9.17, 15) is 0 Å². The van der Waals surface area contributed by atoms with Crippen LogP contribution in [0.5, 0.6) is 0 Å². The molecule has 3 heteroatoms. The monoisotopic (exact) mass is 234 g/mol. The Bertz CT molecular complexity index is 418. The van der Waals surface area contributed by atoms with E-state index in [1.165, 1.54) is 12.8 Å². The van der Waals surface area contributed by atoms with E-state index in [2.05, 4.69) is 18.3 Å². The summed E-state index contributed by atoms with van der Waals surface area (Å²) in [6.07, 6.45) is 3.68. The molecule has 0 aromatic heterocycles. The van der Waals surface area contributed by atoms with Crippen molar-refractivity contribution in [3.63, 3.8) is 0 Å². The molecule has 0 heterocycles. The number of anilines is 1. The molecule has 16 heavy (non-hydrogen) atoms. The number of halogens is 1. The highest BCUT2D eigenvalue weighted by atomic mass is 35.5. The van der Waals surface area contributed by atoms with Gasteiger partial charge >= 0.3 is 0 Å². The van der Waals surface area contributed by atoms with Gasteiger partial charge in [-0.2, -0.15) is 5.26 Å². The summed E-state index contributed by atoms with van der Waals surface area (Å²) in [5, 5.41) is 13.1. The van der Waals surface area contributed by atoms with E-state index in [1.54, 1.807) is 12.1 Å². The third-order valence-electron chi connectivity index (χ3n) is 3.07. The van der Waals surface area contributed by atoms with Gasteiger partial charge in [0.1, 0.15) is 6.07 Å². The Morgan fingerprint density at radius 1 is 1.56 bits per heavy atom. The van der Waals surface area contributed by atoms with Crippen molar-refractivity contribution in [3.05, 3.63) is 28.8 Å². The van der Waals surface area contributed by atoms with Crippen molar-refractivity contribution in [1.29, 1.82) is 5.26 Å². The van der Waals surface area contributed by atoms with Gasteiger partial charge in [0.15, 0.2) is 0 Å². The van der Waals surface area contributed by atoms with E-state index in [1.807, 2.05) is 6.07 Å². The number of hydrogen-bond donors (Lipinski definition) is 1. The Hall–Kier alpha value is -1.20. The summed E-state index contributed by atoms with van der Waals surface area (Å²) >= 11 is 5.95. The normalized spacial score (nSPS) is 16.6. The van der Waals surface area contributed by atoms with Crippen LogP contribution in [0.15, 0.2) is 18.2 Å². The minimum Gasteiger partial charge on any atom is -0.381 e. The van der Waals surface area contributed by atoms with Gasteiger partial charge in [-0.05, 0) is 43.4 Å². The van der Waals surface area contributed by atoms with Crippen LogP contribution in [0.1, 0.15) is 31.7 Å². The van der Waals surface area contributed by atoms with Gasteiger partial charge in [-0.15, -0.1) is 0 Å². The largest absolute Gasteiger partial charge is 0.381 e. The fourth-order valence-electron chi connectivity index (χ4n) is 1.98. The van der Waals surface area contributed by atoms with E-state index in [-0.39, 0.29) is 0 Å². The fraction of sp³-hybridized carbons (Fsp3) is 0.462. The van der Waals surface area contributed by atoms with Gasteiger partial charge in [-0.3, -0.25) is 0 Å². The maximum absolute atomic E-state index is 9.02. The Labute approximate surface area is 101 Å². The predicted octanol–water partition coefficient (Wildman–Crippen LogP) is 3.81. The molecular weight excluding hydrogens is 220 g/mol. The van der Waals surface area contributed by atoms with Gasteiger partial charge in [-0.25, -0.2) is 0 Å². The number of nitrogens with zero attached hydrogens (tertiary/aromatic N) is 1. The third-order valence-corrected chi connectivity index (χ3v) is 3.31. The lowest BCUT2D eigenvalue weighted by molar-refractivity contribution is 0.616. The summed E-state index contributed by atoms with van der Waals surface area (Å²) in [4.78, 5) is 0. The summed E-state index contributed by atoms with van der Waals surface area (Å²) in [7, 11) is 0. The number of hydrogen-bond acceptors (Lipinski definition) is 2. The van der Waals surface area contributed by atoms with Crippen molar-refractivity contribution in [3.8, 4) is 6.07 Å². The highest BCUT2D eigenvalue weighted by Gasteiger charge is 2.30. The average Bonchev–Trinajstić information content (AvgIpc) is 3.10. The molecule has 0 saturated heterocycles. The molecule has 0 aliphatic heterocycles. The molecule has 2 nitrogen and oxygen atoms in total. The molecule has 1 aliphatic rings. The van der Waals surface area contributed by atoms with Gasteiger partial charge < -0.3 is 5.32 Å². The first-order valence-corrected chi connectivity index (χ1v) is 6.08. The van der Waals surface area contributed by atoms with Crippen LogP contribution < -0.4 is 5.32 Å². The summed E-state index contributed by atoms with van der Waals surface area (Å²) in [6, 6.07) is 8.03. The zero-order chi connectivity index (χ0) is 11.5. The SMILES string of the molecule is CCC(Nc1cc(Cl)ccc1C#N)C1CC1. The lowest BCUT2D eigenvalue weighted by Crippen LogP contribution is -2.21. The Balaban J connectivity index is 2.18. The van der Waals surface area contributed by atoms with Crippen molar-refractivity contribution < 1.29 is 0 Å². The topological polar surface area (TPSA) is 35.8 Å². The van der Waals surface area contributed by atoms with Crippen LogP contribution in [0, 0.1) is 17.2 Å². The highest BCUT2D eigenvalue weighted by Crippen LogP contribution is 2.36. The summed E-state index contributed by atoms with van der Waals surface area (Å²) in [6.45, 7) is 2.17. The number of benzene rings is 1. The lowest BCUT2D eigenvalue weighted by Gasteiger charge is -2.18. The number of rotatable bonds is 4. The van der Waals surface area contributed by atoms with Crippen molar-refractivity contribution in [1.82, 2.24) is 0 Å². The molecule has 1 aromatic carbocycles. The van der Waals surface area contributed by atoms with Crippen LogP contribution in [0.25, 0.3) is 0 Å². The van der Waals surface area contributed by atoms with E-state index in [4.69, 9.17) is 16.9 Å². The Kier molecular flexibility index (Phi) is 3.36. The van der Waals surface area contributed by atoms with Gasteiger partial charge in [-0.1, -0.05) is 18.5 Å². The lowest BCUT2D eigenvalue weighted by atomic mass is 10.1. The second kappa shape index (κ2) is 4.76. The third kappa shape index (κ3) is 2.48. The minimum atomic E-state index is 0.477. The smallest absolute Gasteiger partial charge is 0.101 e. The first kappa shape index (κ1) is 11.3. The first-order valence-electron chi connectivity index (χ1n) is 5.70. The molecule has 1 atom stereocenters. The standard InChI is InChI=1S/C13H15ClN2/c1-2-12(9-3-4-9)16-13-7-11(14)6-5-10(13)8-15/h5-7,9,12,16H,2-4H2,1H3. The van der Waals surface area contributed by atoms with Crippen LogP contribution in [-0.4, -0.2) is 6.04 Å². The van der Waals surface area contributed by atoms with Crippen molar-refractivity contribution in [2.45, 2.75) is 32.2 Å². The van der Waals surface area contributed by atoms with Crippen LogP contribution in [0.2, 0.25) is 5.02 Å². The molecular formula is C13H15ClN2. The second-order valence-corrected chi connectivity index (χ2v) is 4.73. The molecule has 1 fully saturated rings. The van der Waals surface area contributed by atoms with Crippen LogP contribution in [-0.2, 0) is 0 Å². The molecule has 0 radical (unpaired) electrons. The maximum atomic E-state index is 9.02. The van der Waals surface area contributed by atoms with Crippen molar-refractivity contribution in [2.75, 3.05) is 5.32 Å². The van der Waals surface area contributed by atoms with Gasteiger partial charge in [0.25, 0.3) is 0 Å². The minimum absolute atomic E-state index is 0.477. The predicted molar refractivity (Wildman–Crippen MR) is 66.6 cm³/mol.